The fraction of sp³-hybridized carbons (Fsp3) is 0.417. The van der Waals surface area contributed by atoms with Crippen LogP contribution >= 0.6 is 0 Å². The third-order valence-electron chi connectivity index (χ3n) is 5.14. The number of hydrogen-bond donors (Lipinski definition) is 2. The molecule has 0 aliphatic carbocycles. The highest BCUT2D eigenvalue weighted by Gasteiger charge is 2.21. The minimum absolute atomic E-state index is 0.00423. The molecule has 2 amide bonds. The average molecular weight is 413 g/mol. The molecule has 2 aromatic rings. The van der Waals surface area contributed by atoms with E-state index < -0.39 is 0 Å². The van der Waals surface area contributed by atoms with Gasteiger partial charge in [-0.05, 0) is 36.1 Å². The molecule has 6 heteroatoms. The zero-order valence-corrected chi connectivity index (χ0v) is 18.3. The molecule has 0 saturated carbocycles. The number of carbonyl (C=O) groups excluding carboxylic acids is 2. The lowest BCUT2D eigenvalue weighted by molar-refractivity contribution is -0.116. The molecule has 0 heterocycles. The van der Waals surface area contributed by atoms with Crippen molar-refractivity contribution in [2.45, 2.75) is 44.9 Å². The number of hydrogen-bond acceptors (Lipinski definition) is 4. The lowest BCUT2D eigenvalue weighted by Gasteiger charge is -2.21. The lowest BCUT2D eigenvalue weighted by atomic mass is 9.89. The van der Waals surface area contributed by atoms with Crippen molar-refractivity contribution in [2.24, 2.45) is 0 Å². The highest BCUT2D eigenvalue weighted by molar-refractivity contribution is 6.03. The molecule has 0 aliphatic heterocycles. The molecule has 0 radical (unpaired) electrons. The average Bonchev–Trinajstić information content (AvgIpc) is 2.77. The summed E-state index contributed by atoms with van der Waals surface area (Å²) in [6.45, 7) is 2.16. The summed E-state index contributed by atoms with van der Waals surface area (Å²) in [6, 6.07) is 12.7. The van der Waals surface area contributed by atoms with Gasteiger partial charge >= 0.3 is 0 Å². The number of amides is 2. The highest BCUT2D eigenvalue weighted by Crippen LogP contribution is 2.35. The summed E-state index contributed by atoms with van der Waals surface area (Å²) in [5, 5.41) is 5.51. The van der Waals surface area contributed by atoms with Gasteiger partial charge in [-0.1, -0.05) is 44.4 Å². The normalized spacial score (nSPS) is 11.5. The molecule has 2 rings (SSSR count). The Morgan fingerprint density at radius 2 is 1.80 bits per heavy atom. The number of ether oxygens (including phenoxy) is 2. The molecule has 0 saturated heterocycles. The zero-order valence-electron chi connectivity index (χ0n) is 18.3. The zero-order chi connectivity index (χ0) is 21.9. The number of carbonyl (C=O) groups is 2. The van der Waals surface area contributed by atoms with Crippen LogP contribution in [0.4, 0.5) is 5.69 Å². The smallest absolute Gasteiger partial charge is 0.253 e. The first-order valence-electron chi connectivity index (χ1n) is 10.4. The van der Waals surface area contributed by atoms with Crippen molar-refractivity contribution in [3.8, 4) is 11.5 Å². The molecular weight excluding hydrogens is 380 g/mol. The number of nitrogens with one attached hydrogen (secondary N) is 2. The van der Waals surface area contributed by atoms with E-state index in [0.717, 1.165) is 37.0 Å². The molecule has 162 valence electrons. The molecule has 0 spiro atoms. The number of para-hydroxylation sites is 1. The number of rotatable bonds is 11. The second kappa shape index (κ2) is 11.9. The van der Waals surface area contributed by atoms with Crippen molar-refractivity contribution >= 4 is 17.5 Å². The van der Waals surface area contributed by atoms with Gasteiger partial charge in [0.1, 0.15) is 11.5 Å². The van der Waals surface area contributed by atoms with Crippen LogP contribution in [-0.4, -0.2) is 33.1 Å². The maximum atomic E-state index is 12.9. The van der Waals surface area contributed by atoms with Crippen LogP contribution in [0, 0.1) is 0 Å². The van der Waals surface area contributed by atoms with Gasteiger partial charge in [0.25, 0.3) is 5.91 Å². The van der Waals surface area contributed by atoms with Gasteiger partial charge in [-0.2, -0.15) is 0 Å². The summed E-state index contributed by atoms with van der Waals surface area (Å²) < 4.78 is 10.9. The summed E-state index contributed by atoms with van der Waals surface area (Å²) in [5.41, 5.74) is 1.94. The summed E-state index contributed by atoms with van der Waals surface area (Å²) in [5.74, 6) is 1.07. The molecule has 1 atom stereocenters. The van der Waals surface area contributed by atoms with Crippen LogP contribution in [0.15, 0.2) is 42.5 Å². The number of methoxy groups -OCH3 is 2. The Hall–Kier alpha value is -3.02. The van der Waals surface area contributed by atoms with Crippen molar-refractivity contribution < 1.29 is 19.1 Å². The first-order valence-corrected chi connectivity index (χ1v) is 10.4. The Kier molecular flexibility index (Phi) is 9.19. The third kappa shape index (κ3) is 6.24. The first-order chi connectivity index (χ1) is 14.5. The van der Waals surface area contributed by atoms with E-state index in [2.05, 4.69) is 17.6 Å². The van der Waals surface area contributed by atoms with E-state index in [1.54, 1.807) is 45.5 Å². The molecule has 0 aliphatic rings. The van der Waals surface area contributed by atoms with E-state index >= 15 is 0 Å². The monoisotopic (exact) mass is 412 g/mol. The molecule has 0 fully saturated rings. The topological polar surface area (TPSA) is 76.7 Å². The van der Waals surface area contributed by atoms with Crippen molar-refractivity contribution in [3.05, 3.63) is 53.6 Å². The Bertz CT molecular complexity index is 851. The second-order valence-corrected chi connectivity index (χ2v) is 7.18. The van der Waals surface area contributed by atoms with Gasteiger partial charge in [0.2, 0.25) is 5.91 Å². The van der Waals surface area contributed by atoms with Crippen molar-refractivity contribution in [1.82, 2.24) is 5.32 Å². The van der Waals surface area contributed by atoms with Crippen molar-refractivity contribution in [3.63, 3.8) is 0 Å². The molecule has 2 aromatic carbocycles. The van der Waals surface area contributed by atoms with Gasteiger partial charge in [0.05, 0.1) is 25.5 Å². The number of anilines is 1. The van der Waals surface area contributed by atoms with Crippen LogP contribution in [0.3, 0.4) is 0 Å². The van der Waals surface area contributed by atoms with Crippen LogP contribution in [0.1, 0.15) is 60.9 Å². The summed E-state index contributed by atoms with van der Waals surface area (Å²) in [4.78, 5) is 25.0. The molecule has 30 heavy (non-hydrogen) atoms. The van der Waals surface area contributed by atoms with Crippen molar-refractivity contribution in [1.29, 1.82) is 0 Å². The molecule has 1 unspecified atom stereocenters. The van der Waals surface area contributed by atoms with Gasteiger partial charge in [0, 0.05) is 19.5 Å². The van der Waals surface area contributed by atoms with E-state index in [0.29, 0.717) is 23.4 Å². The molecular formula is C24H32N2O4. The Morgan fingerprint density at radius 1 is 1.03 bits per heavy atom. The van der Waals surface area contributed by atoms with E-state index in [4.69, 9.17) is 9.47 Å². The third-order valence-corrected chi connectivity index (χ3v) is 5.14. The highest BCUT2D eigenvalue weighted by atomic mass is 16.5. The van der Waals surface area contributed by atoms with E-state index in [9.17, 15) is 9.59 Å². The fourth-order valence-corrected chi connectivity index (χ4v) is 3.51. The maximum absolute atomic E-state index is 12.9. The molecule has 2 N–H and O–H groups in total. The quantitative estimate of drug-likeness (QED) is 0.522. The molecule has 6 nitrogen and oxygen atoms in total. The van der Waals surface area contributed by atoms with Gasteiger partial charge in [-0.25, -0.2) is 0 Å². The fourth-order valence-electron chi connectivity index (χ4n) is 3.51. The van der Waals surface area contributed by atoms with Crippen molar-refractivity contribution in [2.75, 3.05) is 26.6 Å². The Balaban J connectivity index is 2.23. The predicted octanol–water partition coefficient (Wildman–Crippen LogP) is 4.76. The first kappa shape index (κ1) is 23.3. The predicted molar refractivity (Wildman–Crippen MR) is 120 cm³/mol. The van der Waals surface area contributed by atoms with E-state index in [1.165, 1.54) is 0 Å². The van der Waals surface area contributed by atoms with Gasteiger partial charge in [-0.3, -0.25) is 9.59 Å². The molecule has 0 aromatic heterocycles. The minimum atomic E-state index is -0.234. The maximum Gasteiger partial charge on any atom is 0.253 e. The van der Waals surface area contributed by atoms with Gasteiger partial charge < -0.3 is 20.1 Å². The SMILES string of the molecule is CCCCCC(CC(=O)Nc1ccccc1C(=O)NC)c1ccc(OC)cc1OC. The summed E-state index contributed by atoms with van der Waals surface area (Å²) in [6.07, 6.45) is 4.42. The Labute approximate surface area is 179 Å². The van der Waals surface area contributed by atoms with E-state index in [1.807, 2.05) is 18.2 Å². The second-order valence-electron chi connectivity index (χ2n) is 7.18. The number of benzene rings is 2. The number of unbranched alkanes of at least 4 members (excludes halogenated alkanes) is 2. The van der Waals surface area contributed by atoms with Gasteiger partial charge in [-0.15, -0.1) is 0 Å². The largest absolute Gasteiger partial charge is 0.497 e. The minimum Gasteiger partial charge on any atom is -0.497 e. The van der Waals surface area contributed by atoms with Gasteiger partial charge in [0.15, 0.2) is 0 Å². The molecule has 0 bridgehead atoms. The Morgan fingerprint density at radius 3 is 2.47 bits per heavy atom. The standard InChI is InChI=1S/C24H32N2O4/c1-5-6-7-10-17(19-14-13-18(29-3)16-22(19)30-4)15-23(27)26-21-12-9-8-11-20(21)24(28)25-2/h8-9,11-14,16-17H,5-7,10,15H2,1-4H3,(H,25,28)(H,26,27). The summed E-state index contributed by atoms with van der Waals surface area (Å²) in [7, 11) is 4.81. The van der Waals surface area contributed by atoms with Crippen LogP contribution in [0.25, 0.3) is 0 Å². The van der Waals surface area contributed by atoms with Crippen LogP contribution in [0.2, 0.25) is 0 Å². The van der Waals surface area contributed by atoms with Crippen LogP contribution < -0.4 is 20.1 Å². The van der Waals surface area contributed by atoms with Crippen LogP contribution in [-0.2, 0) is 4.79 Å². The lowest BCUT2D eigenvalue weighted by Crippen LogP contribution is -2.22. The summed E-state index contributed by atoms with van der Waals surface area (Å²) >= 11 is 0. The van der Waals surface area contributed by atoms with Crippen LogP contribution in [0.5, 0.6) is 11.5 Å². The van der Waals surface area contributed by atoms with E-state index in [-0.39, 0.29) is 17.7 Å².